The van der Waals surface area contributed by atoms with Crippen LogP contribution in [-0.2, 0) is 13.0 Å². The van der Waals surface area contributed by atoms with Crippen molar-refractivity contribution in [2.45, 2.75) is 58.9 Å². The SMILES string of the molecule is CCCN(CCC)C(=O)c1c(OC)cc(=O)n2c1CCCCC2. The molecule has 0 N–H and O–H groups in total. The third-order valence-electron chi connectivity index (χ3n) is 4.38. The fraction of sp³-hybridized carbons (Fsp3) is 0.667. The van der Waals surface area contributed by atoms with Gasteiger partial charge in [-0.25, -0.2) is 0 Å². The zero-order valence-corrected chi connectivity index (χ0v) is 14.6. The lowest BCUT2D eigenvalue weighted by molar-refractivity contribution is 0.0749. The number of carbonyl (C=O) groups excluding carboxylic acids is 1. The lowest BCUT2D eigenvalue weighted by Crippen LogP contribution is -2.35. The van der Waals surface area contributed by atoms with Crippen LogP contribution in [0.1, 0.15) is 62.0 Å². The average molecular weight is 320 g/mol. The number of carbonyl (C=O) groups is 1. The quantitative estimate of drug-likeness (QED) is 0.810. The van der Waals surface area contributed by atoms with Gasteiger partial charge in [0, 0.05) is 31.4 Å². The van der Waals surface area contributed by atoms with E-state index in [1.165, 1.54) is 13.2 Å². The van der Waals surface area contributed by atoms with E-state index in [4.69, 9.17) is 4.74 Å². The van der Waals surface area contributed by atoms with Crippen molar-refractivity contribution in [3.05, 3.63) is 27.7 Å². The van der Waals surface area contributed by atoms with Crippen LogP contribution < -0.4 is 10.3 Å². The maximum atomic E-state index is 13.1. The van der Waals surface area contributed by atoms with Crippen molar-refractivity contribution in [1.82, 2.24) is 9.47 Å². The van der Waals surface area contributed by atoms with Crippen molar-refractivity contribution in [2.24, 2.45) is 0 Å². The molecule has 5 heteroatoms. The molecule has 1 aromatic heterocycles. The molecule has 128 valence electrons. The second-order valence-corrected chi connectivity index (χ2v) is 6.13. The van der Waals surface area contributed by atoms with Crippen LogP contribution in [0.5, 0.6) is 5.75 Å². The molecular formula is C18H28N2O3. The minimum atomic E-state index is -0.0622. The van der Waals surface area contributed by atoms with Crippen LogP contribution in [0.3, 0.4) is 0 Å². The summed E-state index contributed by atoms with van der Waals surface area (Å²) in [6, 6.07) is 1.47. The molecule has 0 unspecified atom stereocenters. The number of fused-ring (bicyclic) bond motifs is 1. The van der Waals surface area contributed by atoms with E-state index in [-0.39, 0.29) is 11.5 Å². The third kappa shape index (κ3) is 3.77. The molecule has 0 atom stereocenters. The molecule has 2 rings (SSSR count). The highest BCUT2D eigenvalue weighted by atomic mass is 16.5. The van der Waals surface area contributed by atoms with E-state index in [2.05, 4.69) is 13.8 Å². The smallest absolute Gasteiger partial charge is 0.259 e. The van der Waals surface area contributed by atoms with Crippen molar-refractivity contribution in [3.63, 3.8) is 0 Å². The lowest BCUT2D eigenvalue weighted by atomic mass is 10.1. The minimum Gasteiger partial charge on any atom is -0.496 e. The molecule has 0 aliphatic carbocycles. The Morgan fingerprint density at radius 1 is 1.22 bits per heavy atom. The molecule has 1 aromatic rings. The van der Waals surface area contributed by atoms with E-state index < -0.39 is 0 Å². The van der Waals surface area contributed by atoms with Gasteiger partial charge in [0.05, 0.1) is 7.11 Å². The standard InChI is InChI=1S/C18H28N2O3/c1-4-10-19(11-5-2)18(22)17-14-9-7-6-8-12-20(14)16(21)13-15(17)23-3/h13H,4-12H2,1-3H3. The van der Waals surface area contributed by atoms with Gasteiger partial charge in [-0.05, 0) is 32.1 Å². The Kier molecular flexibility index (Phi) is 6.25. The van der Waals surface area contributed by atoms with Crippen LogP contribution in [0.2, 0.25) is 0 Å². The molecule has 1 amide bonds. The summed E-state index contributed by atoms with van der Waals surface area (Å²) in [6.07, 6.45) is 5.69. The molecule has 23 heavy (non-hydrogen) atoms. The Morgan fingerprint density at radius 3 is 2.52 bits per heavy atom. The number of aromatic nitrogens is 1. The fourth-order valence-electron chi connectivity index (χ4n) is 3.32. The van der Waals surface area contributed by atoms with Crippen LogP contribution in [0.4, 0.5) is 0 Å². The van der Waals surface area contributed by atoms with Gasteiger partial charge in [-0.15, -0.1) is 0 Å². The summed E-state index contributed by atoms with van der Waals surface area (Å²) in [7, 11) is 1.53. The summed E-state index contributed by atoms with van der Waals surface area (Å²) < 4.78 is 7.18. The van der Waals surface area contributed by atoms with Gasteiger partial charge in [0.15, 0.2) is 0 Å². The lowest BCUT2D eigenvalue weighted by Gasteiger charge is -2.25. The largest absolute Gasteiger partial charge is 0.496 e. The van der Waals surface area contributed by atoms with Gasteiger partial charge in [0.2, 0.25) is 0 Å². The maximum Gasteiger partial charge on any atom is 0.259 e. The van der Waals surface area contributed by atoms with Gasteiger partial charge in [-0.1, -0.05) is 20.3 Å². The van der Waals surface area contributed by atoms with E-state index in [0.29, 0.717) is 17.9 Å². The van der Waals surface area contributed by atoms with Gasteiger partial charge in [-0.2, -0.15) is 0 Å². The molecule has 0 fully saturated rings. The summed E-state index contributed by atoms with van der Waals surface area (Å²) in [5.74, 6) is 0.418. The normalized spacial score (nSPS) is 14.0. The number of amides is 1. The highest BCUT2D eigenvalue weighted by molar-refractivity contribution is 5.98. The van der Waals surface area contributed by atoms with Crippen LogP contribution in [0.15, 0.2) is 10.9 Å². The van der Waals surface area contributed by atoms with Crippen LogP contribution in [-0.4, -0.2) is 35.6 Å². The fourth-order valence-corrected chi connectivity index (χ4v) is 3.32. The second kappa shape index (κ2) is 8.18. The summed E-state index contributed by atoms with van der Waals surface area (Å²) in [6.45, 7) is 6.30. The topological polar surface area (TPSA) is 51.5 Å². The molecular weight excluding hydrogens is 292 g/mol. The number of methoxy groups -OCH3 is 1. The monoisotopic (exact) mass is 320 g/mol. The van der Waals surface area contributed by atoms with Crippen LogP contribution in [0, 0.1) is 0 Å². The first-order valence-corrected chi connectivity index (χ1v) is 8.74. The summed E-state index contributed by atoms with van der Waals surface area (Å²) in [4.78, 5) is 27.4. The van der Waals surface area contributed by atoms with Gasteiger partial charge >= 0.3 is 0 Å². The number of ether oxygens (including phenoxy) is 1. The highest BCUT2D eigenvalue weighted by Crippen LogP contribution is 2.26. The number of hydrogen-bond acceptors (Lipinski definition) is 3. The zero-order chi connectivity index (χ0) is 16.8. The van der Waals surface area contributed by atoms with Crippen molar-refractivity contribution in [1.29, 1.82) is 0 Å². The van der Waals surface area contributed by atoms with Crippen molar-refractivity contribution >= 4 is 5.91 Å². The summed E-state index contributed by atoms with van der Waals surface area (Å²) >= 11 is 0. The Labute approximate surface area is 138 Å². The number of rotatable bonds is 6. The number of nitrogens with zero attached hydrogens (tertiary/aromatic N) is 2. The molecule has 1 aliphatic rings. The number of hydrogen-bond donors (Lipinski definition) is 0. The van der Waals surface area contributed by atoms with E-state index in [9.17, 15) is 9.59 Å². The second-order valence-electron chi connectivity index (χ2n) is 6.13. The predicted octanol–water partition coefficient (Wildman–Crippen LogP) is 2.85. The van der Waals surface area contributed by atoms with Crippen molar-refractivity contribution in [2.75, 3.05) is 20.2 Å². The van der Waals surface area contributed by atoms with E-state index in [1.54, 1.807) is 4.57 Å². The molecule has 0 spiro atoms. The van der Waals surface area contributed by atoms with Crippen molar-refractivity contribution in [3.8, 4) is 5.75 Å². The summed E-state index contributed by atoms with van der Waals surface area (Å²) in [5.41, 5.74) is 1.39. The first-order valence-electron chi connectivity index (χ1n) is 8.74. The van der Waals surface area contributed by atoms with Crippen molar-refractivity contribution < 1.29 is 9.53 Å². The zero-order valence-electron chi connectivity index (χ0n) is 14.6. The molecule has 0 saturated carbocycles. The van der Waals surface area contributed by atoms with E-state index in [0.717, 1.165) is 57.3 Å². The maximum absolute atomic E-state index is 13.1. The van der Waals surface area contributed by atoms with Gasteiger partial charge in [-0.3, -0.25) is 9.59 Å². The number of pyridine rings is 1. The predicted molar refractivity (Wildman–Crippen MR) is 91.3 cm³/mol. The molecule has 2 heterocycles. The first kappa shape index (κ1) is 17.6. The molecule has 0 saturated heterocycles. The molecule has 0 radical (unpaired) electrons. The Bertz CT molecular complexity index is 601. The molecule has 0 aromatic carbocycles. The first-order chi connectivity index (χ1) is 11.1. The highest BCUT2D eigenvalue weighted by Gasteiger charge is 2.26. The third-order valence-corrected chi connectivity index (χ3v) is 4.38. The van der Waals surface area contributed by atoms with Crippen LogP contribution >= 0.6 is 0 Å². The Balaban J connectivity index is 2.54. The molecule has 0 bridgehead atoms. The Hall–Kier alpha value is -1.78. The Morgan fingerprint density at radius 2 is 1.91 bits per heavy atom. The van der Waals surface area contributed by atoms with E-state index in [1.807, 2.05) is 4.90 Å². The minimum absolute atomic E-state index is 0.00352. The van der Waals surface area contributed by atoms with Gasteiger partial charge in [0.25, 0.3) is 11.5 Å². The molecule has 1 aliphatic heterocycles. The van der Waals surface area contributed by atoms with Crippen LogP contribution in [0.25, 0.3) is 0 Å². The van der Waals surface area contributed by atoms with Gasteiger partial charge in [0.1, 0.15) is 11.3 Å². The average Bonchev–Trinajstić information content (AvgIpc) is 2.80. The molecule has 5 nitrogen and oxygen atoms in total. The van der Waals surface area contributed by atoms with E-state index >= 15 is 0 Å². The van der Waals surface area contributed by atoms with Gasteiger partial charge < -0.3 is 14.2 Å². The summed E-state index contributed by atoms with van der Waals surface area (Å²) in [5, 5.41) is 0.